The lowest BCUT2D eigenvalue weighted by atomic mass is 10.0. The van der Waals surface area contributed by atoms with Crippen molar-refractivity contribution in [1.82, 2.24) is 4.90 Å². The van der Waals surface area contributed by atoms with Crippen LogP contribution in [0.25, 0.3) is 0 Å². The average Bonchev–Trinajstić information content (AvgIpc) is 3.16. The van der Waals surface area contributed by atoms with Crippen molar-refractivity contribution in [1.29, 1.82) is 0 Å². The van der Waals surface area contributed by atoms with Crippen LogP contribution in [0, 0.1) is 0 Å². The van der Waals surface area contributed by atoms with E-state index in [0.717, 1.165) is 5.69 Å². The molecule has 0 saturated carbocycles. The highest BCUT2D eigenvalue weighted by Crippen LogP contribution is 2.40. The first-order valence-electron chi connectivity index (χ1n) is 10.2. The molecule has 0 spiro atoms. The molecule has 0 amide bonds. The molecule has 3 rings (SSSR count). The van der Waals surface area contributed by atoms with Gasteiger partial charge in [-0.15, -0.1) is 0 Å². The number of benzene rings is 1. The number of anilines is 1. The second-order valence-electron chi connectivity index (χ2n) is 7.76. The fourth-order valence-corrected chi connectivity index (χ4v) is 3.40. The van der Waals surface area contributed by atoms with Gasteiger partial charge in [0.25, 0.3) is 11.7 Å². The summed E-state index contributed by atoms with van der Waals surface area (Å²) in [4.78, 5) is 18.6. The maximum atomic E-state index is 15.2. The van der Waals surface area contributed by atoms with Crippen molar-refractivity contribution in [3.05, 3.63) is 36.0 Å². The minimum absolute atomic E-state index is 0.0254. The average molecular weight is 455 g/mol. The molecule has 3 unspecified atom stereocenters. The molecule has 1 aromatic rings. The number of hydrogen-bond donors (Lipinski definition) is 2. The Morgan fingerprint density at radius 2 is 2.12 bits per heavy atom. The van der Waals surface area contributed by atoms with Crippen molar-refractivity contribution < 1.29 is 38.0 Å². The zero-order valence-electron chi connectivity index (χ0n) is 18.1. The first-order valence-corrected chi connectivity index (χ1v) is 10.2. The van der Waals surface area contributed by atoms with Crippen LogP contribution in [0.15, 0.2) is 41.0 Å². The van der Waals surface area contributed by atoms with Crippen molar-refractivity contribution in [2.45, 2.75) is 31.1 Å². The van der Waals surface area contributed by atoms with Crippen LogP contribution in [-0.2, 0) is 14.3 Å². The number of rotatable bonds is 8. The second-order valence-corrected chi connectivity index (χ2v) is 7.76. The van der Waals surface area contributed by atoms with Crippen LogP contribution in [0.5, 0.6) is 5.75 Å². The van der Waals surface area contributed by atoms with Crippen molar-refractivity contribution in [2.75, 3.05) is 45.2 Å². The van der Waals surface area contributed by atoms with Gasteiger partial charge in [-0.1, -0.05) is 6.07 Å². The fraction of sp³-hybridized carbons (Fsp3) is 0.524. The Morgan fingerprint density at radius 1 is 1.38 bits per heavy atom. The molecule has 2 N–H and O–H groups in total. The highest BCUT2D eigenvalue weighted by Gasteiger charge is 2.60. The van der Waals surface area contributed by atoms with Gasteiger partial charge in [0.15, 0.2) is 0 Å². The number of likely N-dealkylation sites (tertiary alicyclic amines) is 1. The molecule has 1 aromatic carbocycles. The number of alkyl halides is 1. The standard InChI is InChI=1S/C21H27F2N3O6/c1-4-30-17(27)12-26-9-8-16(11-26)32-21(29)18(22)19(24-13-20(21,23)28)31-15-7-5-6-14(10-15)25(2)3/h5-7,10,13,16,28-29H,4,8-9,11-12H2,1-3H3. The number of carbonyl (C=O) groups is 1. The summed E-state index contributed by atoms with van der Waals surface area (Å²) < 4.78 is 45.5. The third-order valence-corrected chi connectivity index (χ3v) is 5.09. The van der Waals surface area contributed by atoms with Crippen LogP contribution >= 0.6 is 0 Å². The predicted octanol–water partition coefficient (Wildman–Crippen LogP) is 1.36. The van der Waals surface area contributed by atoms with E-state index in [9.17, 15) is 19.4 Å². The van der Waals surface area contributed by atoms with E-state index < -0.39 is 35.4 Å². The van der Waals surface area contributed by atoms with Gasteiger partial charge in [0.1, 0.15) is 5.75 Å². The quantitative estimate of drug-likeness (QED) is 0.447. The highest BCUT2D eigenvalue weighted by molar-refractivity contribution is 5.72. The molecule has 2 heterocycles. The molecule has 32 heavy (non-hydrogen) atoms. The number of aliphatic hydroxyl groups is 2. The van der Waals surface area contributed by atoms with Crippen LogP contribution in [0.4, 0.5) is 14.5 Å². The SMILES string of the molecule is CCOC(=O)CN1CCC(OC2(O)C(F)=C(Oc3cccc(N(C)C)c3)N=CC2(O)F)C1. The van der Waals surface area contributed by atoms with E-state index in [1.165, 1.54) is 6.07 Å². The van der Waals surface area contributed by atoms with Crippen LogP contribution in [0.2, 0.25) is 0 Å². The van der Waals surface area contributed by atoms with Gasteiger partial charge < -0.3 is 29.3 Å². The third-order valence-electron chi connectivity index (χ3n) is 5.09. The minimum Gasteiger partial charge on any atom is -0.465 e. The van der Waals surface area contributed by atoms with Gasteiger partial charge in [0.2, 0.25) is 5.83 Å². The lowest BCUT2D eigenvalue weighted by Crippen LogP contribution is -2.58. The number of esters is 1. The van der Waals surface area contributed by atoms with Gasteiger partial charge in [0.05, 0.1) is 25.5 Å². The lowest BCUT2D eigenvalue weighted by molar-refractivity contribution is -0.315. The molecule has 0 radical (unpaired) electrons. The molecule has 0 aromatic heterocycles. The number of nitrogens with zero attached hydrogens (tertiary/aromatic N) is 3. The van der Waals surface area contributed by atoms with Gasteiger partial charge >= 0.3 is 11.8 Å². The molecule has 176 valence electrons. The number of ether oxygens (including phenoxy) is 3. The molecule has 2 aliphatic heterocycles. The number of aliphatic imine (C=N–C) groups is 1. The summed E-state index contributed by atoms with van der Waals surface area (Å²) in [6.07, 6.45) is -0.275. The lowest BCUT2D eigenvalue weighted by Gasteiger charge is -2.37. The van der Waals surface area contributed by atoms with Crippen molar-refractivity contribution in [3.8, 4) is 5.75 Å². The van der Waals surface area contributed by atoms with Crippen LogP contribution in [-0.4, -0.2) is 85.4 Å². The summed E-state index contributed by atoms with van der Waals surface area (Å²) in [5.74, 6) is -9.61. The maximum absolute atomic E-state index is 15.2. The molecule has 1 fully saturated rings. The van der Waals surface area contributed by atoms with E-state index >= 15 is 4.39 Å². The smallest absolute Gasteiger partial charge is 0.320 e. The summed E-state index contributed by atoms with van der Waals surface area (Å²) in [7, 11) is 3.61. The normalized spacial score (nSPS) is 28.2. The Balaban J connectivity index is 1.76. The molecule has 3 atom stereocenters. The Kier molecular flexibility index (Phi) is 7.13. The van der Waals surface area contributed by atoms with E-state index in [0.29, 0.717) is 12.8 Å². The fourth-order valence-electron chi connectivity index (χ4n) is 3.40. The summed E-state index contributed by atoms with van der Waals surface area (Å²) in [6, 6.07) is 6.59. The largest absolute Gasteiger partial charge is 0.465 e. The van der Waals surface area contributed by atoms with E-state index in [1.54, 1.807) is 49.0 Å². The van der Waals surface area contributed by atoms with E-state index in [-0.39, 0.29) is 31.9 Å². The molecule has 0 aliphatic carbocycles. The predicted molar refractivity (Wildman–Crippen MR) is 112 cm³/mol. The zero-order chi connectivity index (χ0) is 23.5. The van der Waals surface area contributed by atoms with Crippen molar-refractivity contribution in [3.63, 3.8) is 0 Å². The summed E-state index contributed by atoms with van der Waals surface area (Å²) in [6.45, 7) is 2.37. The molecular formula is C21H27F2N3O6. The van der Waals surface area contributed by atoms with E-state index in [4.69, 9.17) is 14.2 Å². The van der Waals surface area contributed by atoms with Crippen molar-refractivity contribution >= 4 is 17.9 Å². The monoisotopic (exact) mass is 455 g/mol. The number of halogens is 2. The Morgan fingerprint density at radius 3 is 2.81 bits per heavy atom. The van der Waals surface area contributed by atoms with Crippen LogP contribution < -0.4 is 9.64 Å². The third kappa shape index (κ3) is 5.07. The highest BCUT2D eigenvalue weighted by atomic mass is 19.2. The van der Waals surface area contributed by atoms with Crippen molar-refractivity contribution in [2.24, 2.45) is 4.99 Å². The summed E-state index contributed by atoms with van der Waals surface area (Å²) in [5.41, 5.74) is 0.754. The van der Waals surface area contributed by atoms with Gasteiger partial charge in [-0.05, 0) is 25.5 Å². The Bertz CT molecular complexity index is 907. The number of hydrogen-bond acceptors (Lipinski definition) is 9. The second kappa shape index (κ2) is 9.49. The first-order chi connectivity index (χ1) is 15.1. The molecule has 9 nitrogen and oxygen atoms in total. The Hall–Kier alpha value is -2.60. The summed E-state index contributed by atoms with van der Waals surface area (Å²) >= 11 is 0. The van der Waals surface area contributed by atoms with Crippen LogP contribution in [0.1, 0.15) is 13.3 Å². The molecule has 1 saturated heterocycles. The zero-order valence-corrected chi connectivity index (χ0v) is 18.1. The van der Waals surface area contributed by atoms with Gasteiger partial charge in [-0.2, -0.15) is 8.78 Å². The minimum atomic E-state index is -3.63. The molecule has 2 aliphatic rings. The van der Waals surface area contributed by atoms with E-state index in [1.807, 2.05) is 0 Å². The maximum Gasteiger partial charge on any atom is 0.320 e. The topological polar surface area (TPSA) is 104 Å². The first kappa shape index (κ1) is 24.1. The molecular weight excluding hydrogens is 428 g/mol. The molecule has 0 bridgehead atoms. The summed E-state index contributed by atoms with van der Waals surface area (Å²) in [5, 5.41) is 20.7. The number of carbonyl (C=O) groups excluding carboxylic acids is 1. The van der Waals surface area contributed by atoms with Gasteiger partial charge in [-0.25, -0.2) is 4.99 Å². The van der Waals surface area contributed by atoms with Crippen LogP contribution in [0.3, 0.4) is 0 Å². The van der Waals surface area contributed by atoms with Gasteiger partial charge in [-0.3, -0.25) is 9.69 Å². The van der Waals surface area contributed by atoms with E-state index in [2.05, 4.69) is 4.99 Å². The Labute approximate surface area is 184 Å². The van der Waals surface area contributed by atoms with Gasteiger partial charge in [0, 0.05) is 38.9 Å². The molecule has 11 heteroatoms.